The molecular formula is C15H24N4O. The number of nitriles is 1. The van der Waals surface area contributed by atoms with Crippen molar-refractivity contribution in [1.29, 1.82) is 5.26 Å². The first-order valence-corrected chi connectivity index (χ1v) is 7.67. The zero-order chi connectivity index (χ0) is 14.2. The van der Waals surface area contributed by atoms with E-state index in [0.29, 0.717) is 19.1 Å². The summed E-state index contributed by atoms with van der Waals surface area (Å²) < 4.78 is 0. The van der Waals surface area contributed by atoms with E-state index in [4.69, 9.17) is 0 Å². The Kier molecular flexibility index (Phi) is 5.87. The topological polar surface area (TPSA) is 68.2 Å². The number of carbonyl (C=O) groups excluding carboxylic acids is 1. The number of amides is 1. The Bertz CT molecular complexity index is 385. The molecule has 0 aromatic rings. The highest BCUT2D eigenvalue weighted by molar-refractivity contribution is 5.97. The normalized spacial score (nSPS) is 21.9. The van der Waals surface area contributed by atoms with Gasteiger partial charge in [0.05, 0.1) is 0 Å². The van der Waals surface area contributed by atoms with Crippen LogP contribution in [-0.4, -0.2) is 43.0 Å². The number of rotatable bonds is 3. The largest absolute Gasteiger partial charge is 0.387 e. The van der Waals surface area contributed by atoms with E-state index in [0.717, 1.165) is 25.9 Å². The second kappa shape index (κ2) is 7.91. The van der Waals surface area contributed by atoms with Crippen LogP contribution in [0, 0.1) is 11.3 Å². The Balaban J connectivity index is 1.90. The van der Waals surface area contributed by atoms with Crippen molar-refractivity contribution >= 4 is 5.91 Å². The maximum Gasteiger partial charge on any atom is 0.266 e. The Morgan fingerprint density at radius 2 is 1.85 bits per heavy atom. The number of carbonyl (C=O) groups is 1. The first-order valence-electron chi connectivity index (χ1n) is 7.67. The summed E-state index contributed by atoms with van der Waals surface area (Å²) in [5.41, 5.74) is 0.233. The standard InChI is InChI=1S/C15H24N4O/c16-11-13(15(20)19-9-7-17-8-10-19)12-18-14-5-3-1-2-4-6-14/h12,14,17-18H,1-10H2/b13-12-. The molecule has 1 saturated carbocycles. The lowest BCUT2D eigenvalue weighted by atomic mass is 10.1. The Morgan fingerprint density at radius 1 is 1.20 bits per heavy atom. The van der Waals surface area contributed by atoms with Crippen molar-refractivity contribution in [3.63, 3.8) is 0 Å². The van der Waals surface area contributed by atoms with E-state index in [-0.39, 0.29) is 11.5 Å². The molecule has 0 atom stereocenters. The van der Waals surface area contributed by atoms with Gasteiger partial charge in [-0.3, -0.25) is 4.79 Å². The first kappa shape index (κ1) is 14.9. The highest BCUT2D eigenvalue weighted by Gasteiger charge is 2.20. The molecule has 2 aliphatic rings. The van der Waals surface area contributed by atoms with Gasteiger partial charge in [0.25, 0.3) is 5.91 Å². The van der Waals surface area contributed by atoms with E-state index >= 15 is 0 Å². The number of hydrogen-bond acceptors (Lipinski definition) is 4. The molecule has 1 saturated heterocycles. The van der Waals surface area contributed by atoms with E-state index in [1.54, 1.807) is 11.1 Å². The van der Waals surface area contributed by atoms with Crippen LogP contribution in [0.25, 0.3) is 0 Å². The predicted molar refractivity (Wildman–Crippen MR) is 77.8 cm³/mol. The van der Waals surface area contributed by atoms with Crippen molar-refractivity contribution in [2.24, 2.45) is 0 Å². The van der Waals surface area contributed by atoms with Gasteiger partial charge < -0.3 is 15.5 Å². The van der Waals surface area contributed by atoms with E-state index in [1.807, 2.05) is 6.07 Å². The van der Waals surface area contributed by atoms with Crippen LogP contribution >= 0.6 is 0 Å². The summed E-state index contributed by atoms with van der Waals surface area (Å²) in [5.74, 6) is -0.143. The molecule has 0 aromatic heterocycles. The third-order valence-corrected chi connectivity index (χ3v) is 4.07. The third kappa shape index (κ3) is 4.24. The summed E-state index contributed by atoms with van der Waals surface area (Å²) in [7, 11) is 0. The molecule has 1 amide bonds. The summed E-state index contributed by atoms with van der Waals surface area (Å²) >= 11 is 0. The van der Waals surface area contributed by atoms with Gasteiger partial charge in [-0.1, -0.05) is 25.7 Å². The molecule has 2 N–H and O–H groups in total. The highest BCUT2D eigenvalue weighted by atomic mass is 16.2. The average Bonchev–Trinajstić information content (AvgIpc) is 2.77. The van der Waals surface area contributed by atoms with Crippen LogP contribution < -0.4 is 10.6 Å². The number of nitrogens with one attached hydrogen (secondary N) is 2. The fourth-order valence-corrected chi connectivity index (χ4v) is 2.83. The van der Waals surface area contributed by atoms with Gasteiger partial charge in [0.15, 0.2) is 0 Å². The molecule has 110 valence electrons. The van der Waals surface area contributed by atoms with Crippen molar-refractivity contribution in [3.8, 4) is 6.07 Å². The molecule has 20 heavy (non-hydrogen) atoms. The van der Waals surface area contributed by atoms with Crippen molar-refractivity contribution in [2.45, 2.75) is 44.6 Å². The van der Waals surface area contributed by atoms with Gasteiger partial charge in [-0.15, -0.1) is 0 Å². The number of nitrogens with zero attached hydrogens (tertiary/aromatic N) is 2. The van der Waals surface area contributed by atoms with Crippen LogP contribution in [0.4, 0.5) is 0 Å². The molecule has 0 aromatic carbocycles. The molecule has 0 unspecified atom stereocenters. The Morgan fingerprint density at radius 3 is 2.45 bits per heavy atom. The van der Waals surface area contributed by atoms with Crippen molar-refractivity contribution in [2.75, 3.05) is 26.2 Å². The number of hydrogen-bond donors (Lipinski definition) is 2. The molecule has 0 bridgehead atoms. The van der Waals surface area contributed by atoms with Crippen molar-refractivity contribution in [1.82, 2.24) is 15.5 Å². The third-order valence-electron chi connectivity index (χ3n) is 4.07. The van der Waals surface area contributed by atoms with Gasteiger partial charge in [-0.25, -0.2) is 0 Å². The molecular weight excluding hydrogens is 252 g/mol. The summed E-state index contributed by atoms with van der Waals surface area (Å²) in [6.07, 6.45) is 8.98. The Labute approximate surface area is 121 Å². The second-order valence-corrected chi connectivity index (χ2v) is 5.57. The van der Waals surface area contributed by atoms with E-state index in [2.05, 4.69) is 10.6 Å². The molecule has 5 heteroatoms. The minimum absolute atomic E-state index is 0.143. The van der Waals surface area contributed by atoms with Gasteiger partial charge in [0.2, 0.25) is 0 Å². The van der Waals surface area contributed by atoms with Gasteiger partial charge in [-0.05, 0) is 12.8 Å². The zero-order valence-corrected chi connectivity index (χ0v) is 12.0. The maximum atomic E-state index is 12.2. The highest BCUT2D eigenvalue weighted by Crippen LogP contribution is 2.17. The fraction of sp³-hybridized carbons (Fsp3) is 0.733. The molecule has 1 aliphatic carbocycles. The number of piperazine rings is 1. The smallest absolute Gasteiger partial charge is 0.266 e. The van der Waals surface area contributed by atoms with Gasteiger partial charge >= 0.3 is 0 Å². The van der Waals surface area contributed by atoms with Crippen LogP contribution in [0.15, 0.2) is 11.8 Å². The molecule has 2 fully saturated rings. The van der Waals surface area contributed by atoms with E-state index in [9.17, 15) is 10.1 Å². The minimum atomic E-state index is -0.143. The lowest BCUT2D eigenvalue weighted by Gasteiger charge is -2.27. The lowest BCUT2D eigenvalue weighted by Crippen LogP contribution is -2.47. The van der Waals surface area contributed by atoms with Gasteiger partial charge in [0.1, 0.15) is 11.6 Å². The lowest BCUT2D eigenvalue weighted by molar-refractivity contribution is -0.127. The van der Waals surface area contributed by atoms with Crippen LogP contribution in [0.5, 0.6) is 0 Å². The van der Waals surface area contributed by atoms with Crippen molar-refractivity contribution < 1.29 is 4.79 Å². The zero-order valence-electron chi connectivity index (χ0n) is 12.0. The predicted octanol–water partition coefficient (Wildman–Crippen LogP) is 1.14. The van der Waals surface area contributed by atoms with E-state index in [1.165, 1.54) is 25.7 Å². The molecule has 0 radical (unpaired) electrons. The van der Waals surface area contributed by atoms with E-state index < -0.39 is 0 Å². The maximum absolute atomic E-state index is 12.2. The minimum Gasteiger partial charge on any atom is -0.387 e. The van der Waals surface area contributed by atoms with Crippen LogP contribution in [0.1, 0.15) is 38.5 Å². The molecule has 5 nitrogen and oxygen atoms in total. The SMILES string of the molecule is N#C/C(=C/NC1CCCCCC1)C(=O)N1CCNCC1. The quantitative estimate of drug-likeness (QED) is 0.461. The molecule has 1 heterocycles. The van der Waals surface area contributed by atoms with Gasteiger partial charge in [0, 0.05) is 38.4 Å². The molecule has 2 rings (SSSR count). The van der Waals surface area contributed by atoms with Crippen LogP contribution in [0.2, 0.25) is 0 Å². The summed E-state index contributed by atoms with van der Waals surface area (Å²) in [5, 5.41) is 15.7. The fourth-order valence-electron chi connectivity index (χ4n) is 2.83. The monoisotopic (exact) mass is 276 g/mol. The summed E-state index contributed by atoms with van der Waals surface area (Å²) in [6, 6.07) is 2.45. The second-order valence-electron chi connectivity index (χ2n) is 5.57. The van der Waals surface area contributed by atoms with Crippen LogP contribution in [-0.2, 0) is 4.79 Å². The van der Waals surface area contributed by atoms with Crippen LogP contribution in [0.3, 0.4) is 0 Å². The van der Waals surface area contributed by atoms with Gasteiger partial charge in [-0.2, -0.15) is 5.26 Å². The molecule has 0 spiro atoms. The van der Waals surface area contributed by atoms with Crippen molar-refractivity contribution in [3.05, 3.63) is 11.8 Å². The summed E-state index contributed by atoms with van der Waals surface area (Å²) in [6.45, 7) is 2.98. The summed E-state index contributed by atoms with van der Waals surface area (Å²) in [4.78, 5) is 14.0. The first-order chi connectivity index (χ1) is 9.81. The Hall–Kier alpha value is -1.54. The molecule has 1 aliphatic heterocycles. The average molecular weight is 276 g/mol.